The van der Waals surface area contributed by atoms with Crippen molar-refractivity contribution in [1.29, 1.82) is 0 Å². The molecule has 2 aliphatic rings. The third-order valence-electron chi connectivity index (χ3n) is 3.22. The zero-order valence-corrected chi connectivity index (χ0v) is 9.11. The number of hydrogen-bond donors (Lipinski definition) is 0. The largest absolute Gasteiger partial charge is 0.364 e. The molecule has 90 valence electrons. The lowest BCUT2D eigenvalue weighted by atomic mass is 10.0. The van der Waals surface area contributed by atoms with Crippen LogP contribution >= 0.6 is 0 Å². The van der Waals surface area contributed by atoms with Crippen LogP contribution in [0.25, 0.3) is 0 Å². The second-order valence-electron chi connectivity index (χ2n) is 4.22. The maximum Gasteiger partial charge on any atom is 0.269 e. The Morgan fingerprint density at radius 3 is 2.76 bits per heavy atom. The molecule has 1 aromatic rings. The molecule has 0 amide bonds. The SMILES string of the molecule is O=[N+]([O-])c1ccc(C2OCN3COCC23)cc1. The maximum atomic E-state index is 10.6. The number of nitrogens with zero attached hydrogens (tertiary/aromatic N) is 2. The molecule has 0 N–H and O–H groups in total. The van der Waals surface area contributed by atoms with Crippen LogP contribution in [0.3, 0.4) is 0 Å². The van der Waals surface area contributed by atoms with Crippen molar-refractivity contribution in [2.45, 2.75) is 12.1 Å². The lowest BCUT2D eigenvalue weighted by Crippen LogP contribution is -2.27. The van der Waals surface area contributed by atoms with Crippen molar-refractivity contribution in [1.82, 2.24) is 4.90 Å². The van der Waals surface area contributed by atoms with Crippen LogP contribution in [-0.2, 0) is 9.47 Å². The summed E-state index contributed by atoms with van der Waals surface area (Å²) in [6, 6.07) is 6.76. The first kappa shape index (κ1) is 10.6. The average Bonchev–Trinajstić information content (AvgIpc) is 2.90. The Balaban J connectivity index is 1.82. The van der Waals surface area contributed by atoms with Crippen molar-refractivity contribution in [3.05, 3.63) is 39.9 Å². The van der Waals surface area contributed by atoms with Crippen LogP contribution in [0.1, 0.15) is 11.7 Å². The molecule has 2 aliphatic heterocycles. The van der Waals surface area contributed by atoms with Gasteiger partial charge in [-0.05, 0) is 17.7 Å². The summed E-state index contributed by atoms with van der Waals surface area (Å²) < 4.78 is 11.0. The first-order chi connectivity index (χ1) is 8.25. The number of non-ortho nitro benzene ring substituents is 1. The van der Waals surface area contributed by atoms with E-state index < -0.39 is 4.92 Å². The normalized spacial score (nSPS) is 28.2. The van der Waals surface area contributed by atoms with Gasteiger partial charge in [-0.1, -0.05) is 0 Å². The van der Waals surface area contributed by atoms with Crippen LogP contribution in [0, 0.1) is 10.1 Å². The summed E-state index contributed by atoms with van der Waals surface area (Å²) in [6.07, 6.45) is -0.0432. The molecule has 0 aromatic heterocycles. The van der Waals surface area contributed by atoms with Gasteiger partial charge in [-0.2, -0.15) is 0 Å². The van der Waals surface area contributed by atoms with Crippen molar-refractivity contribution in [3.63, 3.8) is 0 Å². The Morgan fingerprint density at radius 2 is 2.06 bits per heavy atom. The van der Waals surface area contributed by atoms with Crippen LogP contribution in [-0.4, -0.2) is 35.9 Å². The van der Waals surface area contributed by atoms with Gasteiger partial charge in [0, 0.05) is 12.1 Å². The summed E-state index contributed by atoms with van der Waals surface area (Å²) in [5, 5.41) is 10.6. The number of fused-ring (bicyclic) bond motifs is 1. The zero-order valence-electron chi connectivity index (χ0n) is 9.11. The average molecular weight is 236 g/mol. The van der Waals surface area contributed by atoms with Crippen LogP contribution in [0.15, 0.2) is 24.3 Å². The monoisotopic (exact) mass is 236 g/mol. The molecule has 0 aliphatic carbocycles. The van der Waals surface area contributed by atoms with Crippen molar-refractivity contribution >= 4 is 5.69 Å². The zero-order chi connectivity index (χ0) is 11.8. The summed E-state index contributed by atoms with van der Waals surface area (Å²) in [4.78, 5) is 12.3. The molecule has 6 nitrogen and oxygen atoms in total. The van der Waals surface area contributed by atoms with Crippen molar-refractivity contribution in [2.75, 3.05) is 20.1 Å². The molecule has 2 heterocycles. The van der Waals surface area contributed by atoms with Gasteiger partial charge >= 0.3 is 0 Å². The molecule has 0 spiro atoms. The van der Waals surface area contributed by atoms with E-state index in [1.807, 2.05) is 0 Å². The minimum absolute atomic E-state index is 0.0432. The number of nitro benzene ring substituents is 1. The third kappa shape index (κ3) is 1.80. The van der Waals surface area contributed by atoms with Gasteiger partial charge in [0.2, 0.25) is 0 Å². The Hall–Kier alpha value is -1.50. The number of nitro groups is 1. The number of rotatable bonds is 2. The Bertz CT molecular complexity index is 434. The van der Waals surface area contributed by atoms with Gasteiger partial charge in [-0.3, -0.25) is 10.1 Å². The molecular formula is C11H12N2O4. The molecule has 2 unspecified atom stereocenters. The van der Waals surface area contributed by atoms with Gasteiger partial charge in [-0.15, -0.1) is 0 Å². The van der Waals surface area contributed by atoms with E-state index in [2.05, 4.69) is 4.90 Å². The van der Waals surface area contributed by atoms with Crippen molar-refractivity contribution in [2.24, 2.45) is 0 Å². The fourth-order valence-electron chi connectivity index (χ4n) is 2.29. The van der Waals surface area contributed by atoms with Crippen molar-refractivity contribution < 1.29 is 14.4 Å². The minimum Gasteiger partial charge on any atom is -0.364 e. The molecule has 0 radical (unpaired) electrons. The molecule has 3 rings (SSSR count). The van der Waals surface area contributed by atoms with Gasteiger partial charge in [-0.25, -0.2) is 4.90 Å². The number of hydrogen-bond acceptors (Lipinski definition) is 5. The first-order valence-corrected chi connectivity index (χ1v) is 5.43. The molecule has 2 saturated heterocycles. The summed E-state index contributed by atoms with van der Waals surface area (Å²) in [7, 11) is 0. The van der Waals surface area contributed by atoms with E-state index in [0.29, 0.717) is 20.1 Å². The van der Waals surface area contributed by atoms with Crippen LogP contribution in [0.2, 0.25) is 0 Å². The molecular weight excluding hydrogens is 224 g/mol. The van der Waals surface area contributed by atoms with E-state index in [1.165, 1.54) is 12.1 Å². The quantitative estimate of drug-likeness (QED) is 0.571. The predicted molar refractivity (Wildman–Crippen MR) is 58.2 cm³/mol. The van der Waals surface area contributed by atoms with E-state index in [0.717, 1.165) is 5.56 Å². The van der Waals surface area contributed by atoms with Crippen LogP contribution in [0.4, 0.5) is 5.69 Å². The summed E-state index contributed by atoms with van der Waals surface area (Å²) >= 11 is 0. The predicted octanol–water partition coefficient (Wildman–Crippen LogP) is 1.28. The molecule has 0 bridgehead atoms. The van der Waals surface area contributed by atoms with Crippen molar-refractivity contribution in [3.8, 4) is 0 Å². The minimum atomic E-state index is -0.399. The molecule has 2 atom stereocenters. The van der Waals surface area contributed by atoms with E-state index in [4.69, 9.17) is 9.47 Å². The van der Waals surface area contributed by atoms with Gasteiger partial charge in [0.05, 0.1) is 17.6 Å². The van der Waals surface area contributed by atoms with E-state index in [-0.39, 0.29) is 17.8 Å². The van der Waals surface area contributed by atoms with E-state index in [9.17, 15) is 10.1 Å². The summed E-state index contributed by atoms with van der Waals surface area (Å²) in [6.45, 7) is 1.82. The smallest absolute Gasteiger partial charge is 0.269 e. The Labute approximate surface area is 97.9 Å². The van der Waals surface area contributed by atoms with Gasteiger partial charge in [0.1, 0.15) is 19.6 Å². The first-order valence-electron chi connectivity index (χ1n) is 5.43. The second-order valence-corrected chi connectivity index (χ2v) is 4.22. The van der Waals surface area contributed by atoms with Crippen LogP contribution in [0.5, 0.6) is 0 Å². The van der Waals surface area contributed by atoms with Gasteiger partial charge in [0.15, 0.2) is 0 Å². The molecule has 1 aromatic carbocycles. The lowest BCUT2D eigenvalue weighted by molar-refractivity contribution is -0.384. The molecule has 17 heavy (non-hydrogen) atoms. The second kappa shape index (κ2) is 4.06. The highest BCUT2D eigenvalue weighted by molar-refractivity contribution is 5.34. The Kier molecular flexibility index (Phi) is 2.54. The standard InChI is InChI=1S/C11H12N2O4/c14-13(15)9-3-1-8(2-4-9)11-10-5-16-6-12(10)7-17-11/h1-4,10-11H,5-7H2. The summed E-state index contributed by atoms with van der Waals surface area (Å²) in [5.74, 6) is 0. The lowest BCUT2D eigenvalue weighted by Gasteiger charge is -2.15. The van der Waals surface area contributed by atoms with Gasteiger partial charge in [0.25, 0.3) is 5.69 Å². The highest BCUT2D eigenvalue weighted by atomic mass is 16.6. The third-order valence-corrected chi connectivity index (χ3v) is 3.22. The number of ether oxygens (including phenoxy) is 2. The van der Waals surface area contributed by atoms with Crippen LogP contribution < -0.4 is 0 Å². The maximum absolute atomic E-state index is 10.6. The summed E-state index contributed by atoms with van der Waals surface area (Å²) in [5.41, 5.74) is 1.07. The number of benzene rings is 1. The molecule has 6 heteroatoms. The molecule has 0 saturated carbocycles. The topological polar surface area (TPSA) is 64.8 Å². The van der Waals surface area contributed by atoms with E-state index in [1.54, 1.807) is 12.1 Å². The highest BCUT2D eigenvalue weighted by Gasteiger charge is 2.39. The fourth-order valence-corrected chi connectivity index (χ4v) is 2.29. The highest BCUT2D eigenvalue weighted by Crippen LogP contribution is 2.34. The van der Waals surface area contributed by atoms with Gasteiger partial charge < -0.3 is 9.47 Å². The molecule has 2 fully saturated rings. The van der Waals surface area contributed by atoms with E-state index >= 15 is 0 Å². The fraction of sp³-hybridized carbons (Fsp3) is 0.455. The Morgan fingerprint density at radius 1 is 1.29 bits per heavy atom.